The number of allylic oxidation sites excluding steroid dienone is 1. The monoisotopic (exact) mass is 218 g/mol. The van der Waals surface area contributed by atoms with Gasteiger partial charge in [-0.05, 0) is 24.1 Å². The minimum atomic E-state index is 0.544. The zero-order valence-corrected chi connectivity index (χ0v) is 9.20. The predicted molar refractivity (Wildman–Crippen MR) is 65.4 cm³/mol. The fourth-order valence-corrected chi connectivity index (χ4v) is 1.60. The molecule has 76 valence electrons. The molecular weight excluding hydrogens is 208 g/mol. The Morgan fingerprint density at radius 2 is 1.93 bits per heavy atom. The Morgan fingerprint density at radius 1 is 1.20 bits per heavy atom. The van der Waals surface area contributed by atoms with Crippen LogP contribution in [0.25, 0.3) is 6.08 Å². The molecular formula is C12H11ClN2. The van der Waals surface area contributed by atoms with Crippen molar-refractivity contribution in [2.75, 3.05) is 0 Å². The fraction of sp³-hybridized carbons (Fsp3) is 0.167. The summed E-state index contributed by atoms with van der Waals surface area (Å²) >= 11 is 5.84. The zero-order chi connectivity index (χ0) is 10.7. The molecule has 0 saturated heterocycles. The van der Waals surface area contributed by atoms with Gasteiger partial charge < -0.3 is 0 Å². The Bertz CT molecular complexity index is 444. The van der Waals surface area contributed by atoms with Crippen LogP contribution in [0, 0.1) is 0 Å². The largest absolute Gasteiger partial charge is 0.154 e. The quantitative estimate of drug-likeness (QED) is 0.690. The Balaban J connectivity index is 2.30. The van der Waals surface area contributed by atoms with E-state index in [2.05, 4.69) is 28.4 Å². The fourth-order valence-electron chi connectivity index (χ4n) is 1.42. The molecule has 0 aliphatic carbocycles. The second-order valence-corrected chi connectivity index (χ2v) is 3.85. The first-order valence-electron chi connectivity index (χ1n) is 4.78. The van der Waals surface area contributed by atoms with Crippen LogP contribution in [-0.2, 0) is 0 Å². The van der Waals surface area contributed by atoms with E-state index >= 15 is 0 Å². The van der Waals surface area contributed by atoms with Gasteiger partial charge in [-0.25, -0.2) is 0 Å². The third kappa shape index (κ3) is 2.54. The molecule has 0 N–H and O–H groups in total. The van der Waals surface area contributed by atoms with Crippen molar-refractivity contribution in [2.45, 2.75) is 13.3 Å². The average molecular weight is 219 g/mol. The van der Waals surface area contributed by atoms with Crippen molar-refractivity contribution >= 4 is 28.6 Å². The summed E-state index contributed by atoms with van der Waals surface area (Å²) in [5.41, 5.74) is 3.22. The summed E-state index contributed by atoms with van der Waals surface area (Å²) in [6, 6.07) is 10.1. The van der Waals surface area contributed by atoms with Gasteiger partial charge >= 0.3 is 0 Å². The third-order valence-electron chi connectivity index (χ3n) is 2.25. The molecule has 0 saturated carbocycles. The molecule has 1 aromatic rings. The minimum absolute atomic E-state index is 0.544. The van der Waals surface area contributed by atoms with E-state index in [1.54, 1.807) is 0 Å². The molecule has 2 rings (SSSR count). The maximum atomic E-state index is 5.84. The topological polar surface area (TPSA) is 24.7 Å². The standard InChI is InChI=1S/C12H11ClN2/c1-9-11(8-12(13)15-14-9)7-10-5-3-2-4-6-10/h2-7H,8H2,1H3. The SMILES string of the molecule is CC1=NN=C(Cl)CC1=Cc1ccccc1. The van der Waals surface area contributed by atoms with Gasteiger partial charge in [0, 0.05) is 6.42 Å². The first-order chi connectivity index (χ1) is 7.25. The van der Waals surface area contributed by atoms with Crippen molar-refractivity contribution < 1.29 is 0 Å². The van der Waals surface area contributed by atoms with E-state index < -0.39 is 0 Å². The van der Waals surface area contributed by atoms with Gasteiger partial charge in [0.1, 0.15) is 5.17 Å². The molecule has 0 spiro atoms. The van der Waals surface area contributed by atoms with E-state index in [9.17, 15) is 0 Å². The highest BCUT2D eigenvalue weighted by molar-refractivity contribution is 6.66. The van der Waals surface area contributed by atoms with Gasteiger partial charge in [0.05, 0.1) is 5.71 Å². The van der Waals surface area contributed by atoms with Crippen LogP contribution in [-0.4, -0.2) is 10.9 Å². The van der Waals surface area contributed by atoms with Gasteiger partial charge in [-0.2, -0.15) is 5.10 Å². The number of rotatable bonds is 1. The summed E-state index contributed by atoms with van der Waals surface area (Å²) in [6.07, 6.45) is 2.77. The van der Waals surface area contributed by atoms with Crippen molar-refractivity contribution in [2.24, 2.45) is 10.2 Å². The van der Waals surface area contributed by atoms with Crippen LogP contribution < -0.4 is 0 Å². The van der Waals surface area contributed by atoms with Crippen molar-refractivity contribution in [3.8, 4) is 0 Å². The summed E-state index contributed by atoms with van der Waals surface area (Å²) < 4.78 is 0. The highest BCUT2D eigenvalue weighted by atomic mass is 35.5. The Morgan fingerprint density at radius 3 is 2.67 bits per heavy atom. The van der Waals surface area contributed by atoms with Gasteiger partial charge in [-0.15, -0.1) is 5.10 Å². The number of benzene rings is 1. The summed E-state index contributed by atoms with van der Waals surface area (Å²) in [7, 11) is 0. The molecule has 0 unspecified atom stereocenters. The van der Waals surface area contributed by atoms with Gasteiger partial charge in [0.25, 0.3) is 0 Å². The molecule has 1 aromatic carbocycles. The van der Waals surface area contributed by atoms with Crippen LogP contribution in [0.2, 0.25) is 0 Å². The van der Waals surface area contributed by atoms with Gasteiger partial charge in [-0.1, -0.05) is 41.9 Å². The van der Waals surface area contributed by atoms with E-state index in [0.717, 1.165) is 16.8 Å². The minimum Gasteiger partial charge on any atom is -0.154 e. The number of nitrogens with zero attached hydrogens (tertiary/aromatic N) is 2. The second kappa shape index (κ2) is 4.41. The van der Waals surface area contributed by atoms with Crippen molar-refractivity contribution in [3.05, 3.63) is 41.5 Å². The molecule has 0 bridgehead atoms. The Labute approximate surface area is 94.0 Å². The third-order valence-corrected chi connectivity index (χ3v) is 2.46. The van der Waals surface area contributed by atoms with Crippen LogP contribution in [0.1, 0.15) is 18.9 Å². The highest BCUT2D eigenvalue weighted by Crippen LogP contribution is 2.17. The molecule has 0 amide bonds. The molecule has 0 radical (unpaired) electrons. The summed E-state index contributed by atoms with van der Waals surface area (Å²) in [5, 5.41) is 8.37. The molecule has 0 fully saturated rings. The number of hydrogen-bond donors (Lipinski definition) is 0. The smallest absolute Gasteiger partial charge is 0.133 e. The zero-order valence-electron chi connectivity index (χ0n) is 8.44. The predicted octanol–water partition coefficient (Wildman–Crippen LogP) is 3.49. The molecule has 15 heavy (non-hydrogen) atoms. The van der Waals surface area contributed by atoms with Crippen LogP contribution in [0.5, 0.6) is 0 Å². The average Bonchev–Trinajstić information content (AvgIpc) is 2.25. The summed E-state index contributed by atoms with van der Waals surface area (Å²) in [6.45, 7) is 1.95. The van der Waals surface area contributed by atoms with Crippen LogP contribution in [0.4, 0.5) is 0 Å². The first-order valence-corrected chi connectivity index (χ1v) is 5.16. The van der Waals surface area contributed by atoms with Crippen molar-refractivity contribution in [1.29, 1.82) is 0 Å². The summed E-state index contributed by atoms with van der Waals surface area (Å²) in [5.74, 6) is 0. The lowest BCUT2D eigenvalue weighted by Crippen LogP contribution is -2.06. The van der Waals surface area contributed by atoms with Gasteiger partial charge in [0.15, 0.2) is 0 Å². The molecule has 1 aliphatic rings. The molecule has 3 heteroatoms. The van der Waals surface area contributed by atoms with E-state index in [1.165, 1.54) is 0 Å². The van der Waals surface area contributed by atoms with Gasteiger partial charge in [0.2, 0.25) is 0 Å². The van der Waals surface area contributed by atoms with E-state index in [4.69, 9.17) is 11.6 Å². The van der Waals surface area contributed by atoms with Crippen molar-refractivity contribution in [3.63, 3.8) is 0 Å². The lowest BCUT2D eigenvalue weighted by atomic mass is 10.0. The molecule has 1 aliphatic heterocycles. The van der Waals surface area contributed by atoms with Gasteiger partial charge in [-0.3, -0.25) is 0 Å². The van der Waals surface area contributed by atoms with Crippen molar-refractivity contribution in [1.82, 2.24) is 0 Å². The molecule has 1 heterocycles. The molecule has 0 atom stereocenters. The highest BCUT2D eigenvalue weighted by Gasteiger charge is 2.10. The van der Waals surface area contributed by atoms with E-state index in [0.29, 0.717) is 11.6 Å². The molecule has 0 aromatic heterocycles. The lowest BCUT2D eigenvalue weighted by molar-refractivity contribution is 1.17. The molecule has 2 nitrogen and oxygen atoms in total. The van der Waals surface area contributed by atoms with Crippen LogP contribution in [0.15, 0.2) is 46.1 Å². The van der Waals surface area contributed by atoms with Crippen LogP contribution >= 0.6 is 11.6 Å². The Kier molecular flexibility index (Phi) is 2.97. The second-order valence-electron chi connectivity index (χ2n) is 3.42. The number of halogens is 1. The van der Waals surface area contributed by atoms with E-state index in [1.807, 2.05) is 25.1 Å². The Hall–Kier alpha value is -1.41. The van der Waals surface area contributed by atoms with Crippen LogP contribution in [0.3, 0.4) is 0 Å². The maximum Gasteiger partial charge on any atom is 0.133 e. The maximum absolute atomic E-state index is 5.84. The lowest BCUT2D eigenvalue weighted by Gasteiger charge is -2.09. The normalized spacial score (nSPS) is 18.7. The first kappa shape index (κ1) is 10.1. The number of hydrogen-bond acceptors (Lipinski definition) is 2. The summed E-state index contributed by atoms with van der Waals surface area (Å²) in [4.78, 5) is 0. The van der Waals surface area contributed by atoms with E-state index in [-0.39, 0.29) is 0 Å².